The van der Waals surface area contributed by atoms with Crippen LogP contribution in [0.4, 0.5) is 0 Å². The molecule has 0 bridgehead atoms. The van der Waals surface area contributed by atoms with Crippen molar-refractivity contribution in [1.82, 2.24) is 20.1 Å². The molecule has 0 unspecified atom stereocenters. The van der Waals surface area contributed by atoms with Gasteiger partial charge in [-0.05, 0) is 52.5 Å². The first-order valence-electron chi connectivity index (χ1n) is 9.95. The minimum absolute atomic E-state index is 0.151. The van der Waals surface area contributed by atoms with Crippen LogP contribution in [-0.4, -0.2) is 37.8 Å². The van der Waals surface area contributed by atoms with Gasteiger partial charge in [-0.2, -0.15) is 5.10 Å². The Morgan fingerprint density at radius 3 is 2.54 bits per heavy atom. The van der Waals surface area contributed by atoms with Crippen LogP contribution in [0.25, 0.3) is 11.0 Å². The van der Waals surface area contributed by atoms with E-state index in [9.17, 15) is 14.7 Å². The number of aryl methyl sites for hydroxylation is 1. The lowest BCUT2D eigenvalue weighted by Gasteiger charge is -2.21. The normalized spacial score (nSPS) is 20.1. The van der Waals surface area contributed by atoms with Gasteiger partial charge in [0.1, 0.15) is 0 Å². The number of amides is 1. The number of pyridine rings is 1. The summed E-state index contributed by atoms with van der Waals surface area (Å²) in [5, 5.41) is 17.8. The van der Waals surface area contributed by atoms with Gasteiger partial charge in [0.2, 0.25) is 0 Å². The summed E-state index contributed by atoms with van der Waals surface area (Å²) in [6.07, 6.45) is 2.10. The number of carbonyl (C=O) groups is 2. The molecule has 2 heterocycles. The second-order valence-corrected chi connectivity index (χ2v) is 9.07. The van der Waals surface area contributed by atoms with Crippen molar-refractivity contribution in [1.29, 1.82) is 0 Å². The zero-order chi connectivity index (χ0) is 20.8. The molecule has 0 spiro atoms. The van der Waals surface area contributed by atoms with Crippen molar-refractivity contribution in [3.63, 3.8) is 0 Å². The van der Waals surface area contributed by atoms with Gasteiger partial charge in [-0.1, -0.05) is 20.3 Å². The second kappa shape index (κ2) is 7.18. The number of carboxylic acids is 1. The fraction of sp³-hybridized carbons (Fsp3) is 0.619. The molecule has 2 N–H and O–H groups in total. The van der Waals surface area contributed by atoms with Crippen LogP contribution in [0.15, 0.2) is 6.07 Å². The van der Waals surface area contributed by atoms with E-state index in [-0.39, 0.29) is 23.4 Å². The van der Waals surface area contributed by atoms with Crippen LogP contribution in [0.2, 0.25) is 0 Å². The summed E-state index contributed by atoms with van der Waals surface area (Å²) >= 11 is 0. The van der Waals surface area contributed by atoms with E-state index in [0.29, 0.717) is 24.1 Å². The first-order chi connectivity index (χ1) is 13.0. The highest BCUT2D eigenvalue weighted by Gasteiger charge is 2.35. The number of fused-ring (bicyclic) bond motifs is 1. The van der Waals surface area contributed by atoms with Crippen LogP contribution < -0.4 is 5.32 Å². The molecule has 1 amide bonds. The van der Waals surface area contributed by atoms with Crippen molar-refractivity contribution in [3.8, 4) is 0 Å². The van der Waals surface area contributed by atoms with Crippen molar-refractivity contribution in [2.45, 2.75) is 78.3 Å². The number of aromatic nitrogens is 3. The lowest BCUT2D eigenvalue weighted by Crippen LogP contribution is -2.40. The molecule has 1 aliphatic carbocycles. The summed E-state index contributed by atoms with van der Waals surface area (Å²) < 4.78 is 1.87. The number of hydrogen-bond donors (Lipinski definition) is 2. The summed E-state index contributed by atoms with van der Waals surface area (Å²) in [5.74, 6) is -1.46. The molecule has 3 rings (SSSR count). The molecule has 1 aliphatic rings. The van der Waals surface area contributed by atoms with E-state index in [4.69, 9.17) is 4.98 Å². The van der Waals surface area contributed by atoms with Gasteiger partial charge in [0.15, 0.2) is 5.65 Å². The van der Waals surface area contributed by atoms with E-state index in [1.54, 1.807) is 0 Å². The minimum atomic E-state index is -0.845. The molecule has 0 aromatic carbocycles. The van der Waals surface area contributed by atoms with Gasteiger partial charge in [0.25, 0.3) is 5.91 Å². The van der Waals surface area contributed by atoms with Gasteiger partial charge in [-0.3, -0.25) is 9.59 Å². The number of carbonyl (C=O) groups excluding carboxylic acids is 1. The Morgan fingerprint density at radius 1 is 1.29 bits per heavy atom. The molecule has 1 fully saturated rings. The highest BCUT2D eigenvalue weighted by atomic mass is 16.4. The molecule has 0 aliphatic heterocycles. The molecule has 152 valence electrons. The fourth-order valence-corrected chi connectivity index (χ4v) is 3.93. The number of carboxylic acid groups (broad SMARTS) is 1. The van der Waals surface area contributed by atoms with Crippen LogP contribution in [0.5, 0.6) is 0 Å². The largest absolute Gasteiger partial charge is 0.481 e. The van der Waals surface area contributed by atoms with Crippen molar-refractivity contribution in [2.24, 2.45) is 5.92 Å². The van der Waals surface area contributed by atoms with Crippen LogP contribution in [0.3, 0.4) is 0 Å². The summed E-state index contributed by atoms with van der Waals surface area (Å²) in [6.45, 7) is 12.1. The van der Waals surface area contributed by atoms with Gasteiger partial charge in [0.05, 0.1) is 28.1 Å². The number of nitrogens with one attached hydrogen (secondary N) is 1. The number of nitrogens with zero attached hydrogens (tertiary/aromatic N) is 3. The van der Waals surface area contributed by atoms with Crippen LogP contribution in [0, 0.1) is 12.8 Å². The lowest BCUT2D eigenvalue weighted by molar-refractivity contribution is -0.142. The molecule has 2 aromatic heterocycles. The smallest absolute Gasteiger partial charge is 0.308 e. The van der Waals surface area contributed by atoms with Gasteiger partial charge < -0.3 is 10.4 Å². The quantitative estimate of drug-likeness (QED) is 0.837. The minimum Gasteiger partial charge on any atom is -0.481 e. The predicted molar refractivity (Wildman–Crippen MR) is 108 cm³/mol. The molecular formula is C21H30N4O3. The third-order valence-electron chi connectivity index (χ3n) is 5.45. The summed E-state index contributed by atoms with van der Waals surface area (Å²) in [6, 6.07) is 1.49. The first kappa shape index (κ1) is 20.3. The van der Waals surface area contributed by atoms with E-state index in [1.165, 1.54) is 0 Å². The average Bonchev–Trinajstić information content (AvgIpc) is 3.18. The zero-order valence-electron chi connectivity index (χ0n) is 17.5. The average molecular weight is 386 g/mol. The molecule has 7 nitrogen and oxygen atoms in total. The Balaban J connectivity index is 2.10. The monoisotopic (exact) mass is 386 g/mol. The Bertz CT molecular complexity index is 924. The molecule has 7 heteroatoms. The van der Waals surface area contributed by atoms with E-state index in [2.05, 4.69) is 31.2 Å². The van der Waals surface area contributed by atoms with Crippen LogP contribution in [0.1, 0.15) is 81.5 Å². The standard InChI is InChI=1S/C21H30N4O3/c1-11(2)16-10-14(19(26)23-15-9-7-8-13(15)20(27)28)17-12(3)24-25(18(17)22-16)21(4,5)6/h10-11,13,15H,7-9H2,1-6H3,(H,23,26)(H,27,28)/t13-,15+/m0/s1. The van der Waals surface area contributed by atoms with Gasteiger partial charge in [0, 0.05) is 11.7 Å². The summed E-state index contributed by atoms with van der Waals surface area (Å²) in [7, 11) is 0. The van der Waals surface area contributed by atoms with Crippen molar-refractivity contribution >= 4 is 22.9 Å². The highest BCUT2D eigenvalue weighted by molar-refractivity contribution is 6.07. The van der Waals surface area contributed by atoms with Gasteiger partial charge >= 0.3 is 5.97 Å². The van der Waals surface area contributed by atoms with E-state index in [1.807, 2.05) is 31.5 Å². The maximum Gasteiger partial charge on any atom is 0.308 e. The molecular weight excluding hydrogens is 356 g/mol. The molecule has 2 atom stereocenters. The van der Waals surface area contributed by atoms with Crippen LogP contribution in [-0.2, 0) is 10.3 Å². The maximum absolute atomic E-state index is 13.2. The Morgan fingerprint density at radius 2 is 1.96 bits per heavy atom. The zero-order valence-corrected chi connectivity index (χ0v) is 17.5. The van der Waals surface area contributed by atoms with Crippen LogP contribution >= 0.6 is 0 Å². The highest BCUT2D eigenvalue weighted by Crippen LogP contribution is 2.30. The van der Waals surface area contributed by atoms with Crippen molar-refractivity contribution in [2.75, 3.05) is 0 Å². The van der Waals surface area contributed by atoms with Crippen molar-refractivity contribution in [3.05, 3.63) is 23.0 Å². The SMILES string of the molecule is Cc1nn(C(C)(C)C)c2nc(C(C)C)cc(C(=O)N[C@@H]3CCC[C@@H]3C(=O)O)c12. The third kappa shape index (κ3) is 3.62. The number of hydrogen-bond acceptors (Lipinski definition) is 4. The number of rotatable bonds is 4. The van der Waals surface area contributed by atoms with E-state index in [0.717, 1.165) is 23.2 Å². The first-order valence-corrected chi connectivity index (χ1v) is 9.95. The number of aliphatic carboxylic acids is 1. The molecule has 28 heavy (non-hydrogen) atoms. The predicted octanol–water partition coefficient (Wildman–Crippen LogP) is 3.60. The third-order valence-corrected chi connectivity index (χ3v) is 5.45. The Labute approximate surface area is 165 Å². The molecule has 0 saturated heterocycles. The van der Waals surface area contributed by atoms with Gasteiger partial charge in [-0.25, -0.2) is 9.67 Å². The molecule has 1 saturated carbocycles. The van der Waals surface area contributed by atoms with E-state index >= 15 is 0 Å². The summed E-state index contributed by atoms with van der Waals surface area (Å²) in [5.41, 5.74) is 2.52. The summed E-state index contributed by atoms with van der Waals surface area (Å²) in [4.78, 5) is 29.5. The van der Waals surface area contributed by atoms with E-state index < -0.39 is 11.9 Å². The Hall–Kier alpha value is -2.44. The topological polar surface area (TPSA) is 97.1 Å². The van der Waals surface area contributed by atoms with Gasteiger partial charge in [-0.15, -0.1) is 0 Å². The lowest BCUT2D eigenvalue weighted by atomic mass is 10.0. The molecule has 2 aromatic rings. The van der Waals surface area contributed by atoms with Crippen molar-refractivity contribution < 1.29 is 14.7 Å². The fourth-order valence-electron chi connectivity index (χ4n) is 3.93. The maximum atomic E-state index is 13.2. The second-order valence-electron chi connectivity index (χ2n) is 9.07. The molecule has 0 radical (unpaired) electrons. The Kier molecular flexibility index (Phi) is 5.21.